The van der Waals surface area contributed by atoms with Gasteiger partial charge in [-0.3, -0.25) is 4.79 Å². The molecule has 0 radical (unpaired) electrons. The second-order valence-corrected chi connectivity index (χ2v) is 4.58. The van der Waals surface area contributed by atoms with Gasteiger partial charge in [-0.25, -0.2) is 0 Å². The summed E-state index contributed by atoms with van der Waals surface area (Å²) in [7, 11) is 1.42. The predicted octanol–water partition coefficient (Wildman–Crippen LogP) is 3.73. The van der Waals surface area contributed by atoms with E-state index in [2.05, 4.69) is 22.5 Å². The predicted molar refractivity (Wildman–Crippen MR) is 66.3 cm³/mol. The van der Waals surface area contributed by atoms with Crippen molar-refractivity contribution in [3.8, 4) is 0 Å². The lowest BCUT2D eigenvalue weighted by Gasteiger charge is -2.18. The molecule has 0 aliphatic carbocycles. The molecule has 0 N–H and O–H groups in total. The SMILES string of the molecule is C=CCN(C)C(=O)c1ccc(Br)cc1C(F)(F)F. The average Bonchev–Trinajstić information content (AvgIpc) is 2.27. The van der Waals surface area contributed by atoms with Crippen molar-refractivity contribution >= 4 is 21.8 Å². The zero-order chi connectivity index (χ0) is 13.9. The van der Waals surface area contributed by atoms with Gasteiger partial charge >= 0.3 is 6.18 Å². The Labute approximate surface area is 111 Å². The smallest absolute Gasteiger partial charge is 0.338 e. The zero-order valence-electron chi connectivity index (χ0n) is 9.59. The summed E-state index contributed by atoms with van der Waals surface area (Å²) < 4.78 is 38.8. The molecule has 1 amide bonds. The Morgan fingerprint density at radius 2 is 2.11 bits per heavy atom. The number of halogens is 4. The van der Waals surface area contributed by atoms with Gasteiger partial charge in [-0.1, -0.05) is 22.0 Å². The summed E-state index contributed by atoms with van der Waals surface area (Å²) >= 11 is 2.96. The fraction of sp³-hybridized carbons (Fsp3) is 0.250. The molecule has 0 spiro atoms. The lowest BCUT2D eigenvalue weighted by atomic mass is 10.1. The molecule has 0 heterocycles. The molecule has 1 aromatic carbocycles. The van der Waals surface area contributed by atoms with Crippen LogP contribution in [0.25, 0.3) is 0 Å². The number of carbonyl (C=O) groups is 1. The molecule has 0 bridgehead atoms. The quantitative estimate of drug-likeness (QED) is 0.777. The van der Waals surface area contributed by atoms with E-state index in [1.807, 2.05) is 0 Å². The van der Waals surface area contributed by atoms with Crippen LogP contribution in [0.15, 0.2) is 35.3 Å². The van der Waals surface area contributed by atoms with E-state index in [0.717, 1.165) is 12.1 Å². The van der Waals surface area contributed by atoms with E-state index in [-0.39, 0.29) is 16.6 Å². The Morgan fingerprint density at radius 3 is 2.61 bits per heavy atom. The van der Waals surface area contributed by atoms with Crippen LogP contribution in [0.1, 0.15) is 15.9 Å². The summed E-state index contributed by atoms with van der Waals surface area (Å²) in [4.78, 5) is 13.0. The summed E-state index contributed by atoms with van der Waals surface area (Å²) in [5.41, 5.74) is -1.31. The van der Waals surface area contributed by atoms with Crippen LogP contribution in [-0.4, -0.2) is 24.4 Å². The molecule has 6 heteroatoms. The van der Waals surface area contributed by atoms with Gasteiger partial charge in [-0.05, 0) is 18.2 Å². The van der Waals surface area contributed by atoms with Crippen LogP contribution < -0.4 is 0 Å². The van der Waals surface area contributed by atoms with Gasteiger partial charge in [0.05, 0.1) is 11.1 Å². The van der Waals surface area contributed by atoms with Gasteiger partial charge in [-0.2, -0.15) is 13.2 Å². The fourth-order valence-corrected chi connectivity index (χ4v) is 1.78. The maximum Gasteiger partial charge on any atom is 0.417 e. The van der Waals surface area contributed by atoms with Crippen molar-refractivity contribution in [2.75, 3.05) is 13.6 Å². The van der Waals surface area contributed by atoms with Crippen molar-refractivity contribution in [1.82, 2.24) is 4.90 Å². The molecular formula is C12H11BrF3NO. The van der Waals surface area contributed by atoms with Crippen LogP contribution in [0.3, 0.4) is 0 Å². The standard InChI is InChI=1S/C12H11BrF3NO/c1-3-6-17(2)11(18)9-5-4-8(13)7-10(9)12(14,15)16/h3-5,7H,1,6H2,2H3. The van der Waals surface area contributed by atoms with E-state index in [4.69, 9.17) is 0 Å². The minimum Gasteiger partial charge on any atom is -0.338 e. The summed E-state index contributed by atoms with van der Waals surface area (Å²) in [6, 6.07) is 3.47. The molecular weight excluding hydrogens is 311 g/mol. The molecule has 0 atom stereocenters. The summed E-state index contributed by atoms with van der Waals surface area (Å²) in [5, 5.41) is 0. The van der Waals surface area contributed by atoms with E-state index in [1.54, 1.807) is 0 Å². The topological polar surface area (TPSA) is 20.3 Å². The minimum atomic E-state index is -4.57. The maximum absolute atomic E-state index is 12.8. The van der Waals surface area contributed by atoms with Crippen molar-refractivity contribution in [2.45, 2.75) is 6.18 Å². The second kappa shape index (κ2) is 5.56. The van der Waals surface area contributed by atoms with Crippen LogP contribution in [0, 0.1) is 0 Å². The zero-order valence-corrected chi connectivity index (χ0v) is 11.2. The normalized spacial score (nSPS) is 11.2. The number of benzene rings is 1. The van der Waals surface area contributed by atoms with Gasteiger partial charge in [0, 0.05) is 18.1 Å². The number of hydrogen-bond donors (Lipinski definition) is 0. The Balaban J connectivity index is 3.24. The lowest BCUT2D eigenvalue weighted by Crippen LogP contribution is -2.29. The first-order valence-electron chi connectivity index (χ1n) is 5.00. The van der Waals surface area contributed by atoms with Crippen LogP contribution in [0.2, 0.25) is 0 Å². The molecule has 0 aliphatic heterocycles. The van der Waals surface area contributed by atoms with Gasteiger partial charge in [0.15, 0.2) is 0 Å². The van der Waals surface area contributed by atoms with Crippen LogP contribution in [-0.2, 0) is 6.18 Å². The third-order valence-electron chi connectivity index (χ3n) is 2.27. The summed E-state index contributed by atoms with van der Waals surface area (Å²) in [6.07, 6.45) is -3.12. The fourth-order valence-electron chi connectivity index (χ4n) is 1.42. The number of hydrogen-bond acceptors (Lipinski definition) is 1. The highest BCUT2D eigenvalue weighted by atomic mass is 79.9. The third kappa shape index (κ3) is 3.35. The van der Waals surface area contributed by atoms with Crippen molar-refractivity contribution in [1.29, 1.82) is 0 Å². The van der Waals surface area contributed by atoms with Crippen molar-refractivity contribution in [3.05, 3.63) is 46.5 Å². The van der Waals surface area contributed by atoms with E-state index < -0.39 is 17.6 Å². The summed E-state index contributed by atoms with van der Waals surface area (Å²) in [5.74, 6) is -0.685. The average molecular weight is 322 g/mol. The number of nitrogens with zero attached hydrogens (tertiary/aromatic N) is 1. The molecule has 0 fully saturated rings. The van der Waals surface area contributed by atoms with Gasteiger partial charge in [0.2, 0.25) is 0 Å². The molecule has 1 rings (SSSR count). The first-order chi connectivity index (χ1) is 8.27. The molecule has 98 valence electrons. The maximum atomic E-state index is 12.8. The van der Waals surface area contributed by atoms with E-state index >= 15 is 0 Å². The summed E-state index contributed by atoms with van der Waals surface area (Å²) in [6.45, 7) is 3.63. The number of alkyl halides is 3. The second-order valence-electron chi connectivity index (χ2n) is 3.66. The molecule has 0 unspecified atom stereocenters. The van der Waals surface area contributed by atoms with E-state index in [0.29, 0.717) is 0 Å². The highest BCUT2D eigenvalue weighted by Crippen LogP contribution is 2.34. The largest absolute Gasteiger partial charge is 0.417 e. The van der Waals surface area contributed by atoms with Crippen molar-refractivity contribution in [2.24, 2.45) is 0 Å². The monoisotopic (exact) mass is 321 g/mol. The number of likely N-dealkylation sites (N-methyl/N-ethyl adjacent to an activating group) is 1. The van der Waals surface area contributed by atoms with Gasteiger partial charge < -0.3 is 4.90 Å². The third-order valence-corrected chi connectivity index (χ3v) is 2.76. The first kappa shape index (κ1) is 14.8. The van der Waals surface area contributed by atoms with Crippen LogP contribution in [0.5, 0.6) is 0 Å². The van der Waals surface area contributed by atoms with E-state index in [1.165, 1.54) is 24.1 Å². The van der Waals surface area contributed by atoms with Crippen LogP contribution >= 0.6 is 15.9 Å². The number of carbonyl (C=O) groups excluding carboxylic acids is 1. The van der Waals surface area contributed by atoms with E-state index in [9.17, 15) is 18.0 Å². The first-order valence-corrected chi connectivity index (χ1v) is 5.79. The Morgan fingerprint density at radius 1 is 1.50 bits per heavy atom. The van der Waals surface area contributed by atoms with Crippen molar-refractivity contribution in [3.63, 3.8) is 0 Å². The van der Waals surface area contributed by atoms with Crippen LogP contribution in [0.4, 0.5) is 13.2 Å². The molecule has 18 heavy (non-hydrogen) atoms. The highest BCUT2D eigenvalue weighted by Gasteiger charge is 2.35. The lowest BCUT2D eigenvalue weighted by molar-refractivity contribution is -0.138. The van der Waals surface area contributed by atoms with Gasteiger partial charge in [0.1, 0.15) is 0 Å². The number of amides is 1. The van der Waals surface area contributed by atoms with Crippen molar-refractivity contribution < 1.29 is 18.0 Å². The Hall–Kier alpha value is -1.30. The molecule has 2 nitrogen and oxygen atoms in total. The highest BCUT2D eigenvalue weighted by molar-refractivity contribution is 9.10. The minimum absolute atomic E-state index is 0.187. The van der Waals surface area contributed by atoms with Gasteiger partial charge in [0.25, 0.3) is 5.91 Å². The molecule has 0 aliphatic rings. The molecule has 0 aromatic heterocycles. The Kier molecular flexibility index (Phi) is 4.56. The Bertz CT molecular complexity index is 471. The molecule has 0 saturated carbocycles. The van der Waals surface area contributed by atoms with Gasteiger partial charge in [-0.15, -0.1) is 6.58 Å². The molecule has 1 aromatic rings. The molecule has 0 saturated heterocycles. The number of rotatable bonds is 3.